The van der Waals surface area contributed by atoms with E-state index in [4.69, 9.17) is 5.11 Å². The minimum atomic E-state index is -0.936. The zero-order valence-corrected chi connectivity index (χ0v) is 13.0. The molecule has 0 aliphatic heterocycles. The van der Waals surface area contributed by atoms with E-state index in [2.05, 4.69) is 15.9 Å². The van der Waals surface area contributed by atoms with Crippen molar-refractivity contribution in [3.05, 3.63) is 34.1 Å². The van der Waals surface area contributed by atoms with Crippen LogP contribution in [0.2, 0.25) is 0 Å². The summed E-state index contributed by atoms with van der Waals surface area (Å²) >= 11 is 3.32. The SMILES string of the molecule is CCN(CC)C(C)(CC(=O)O)c1cc(Br)ccc1F. The number of hydrogen-bond donors (Lipinski definition) is 1. The number of aliphatic carboxylic acids is 1. The molecule has 0 aliphatic rings. The van der Waals surface area contributed by atoms with Gasteiger partial charge in [0.2, 0.25) is 0 Å². The molecule has 1 aromatic carbocycles. The quantitative estimate of drug-likeness (QED) is 0.865. The van der Waals surface area contributed by atoms with Crippen molar-refractivity contribution in [2.45, 2.75) is 32.7 Å². The van der Waals surface area contributed by atoms with Crippen LogP contribution in [0.3, 0.4) is 0 Å². The van der Waals surface area contributed by atoms with Gasteiger partial charge in [0.25, 0.3) is 0 Å². The van der Waals surface area contributed by atoms with Gasteiger partial charge < -0.3 is 5.11 Å². The fraction of sp³-hybridized carbons (Fsp3) is 0.500. The van der Waals surface area contributed by atoms with Crippen molar-refractivity contribution >= 4 is 21.9 Å². The highest BCUT2D eigenvalue weighted by atomic mass is 79.9. The van der Waals surface area contributed by atoms with Crippen molar-refractivity contribution in [2.24, 2.45) is 0 Å². The van der Waals surface area contributed by atoms with Crippen LogP contribution in [0.1, 0.15) is 32.8 Å². The number of rotatable bonds is 6. The second-order valence-corrected chi connectivity index (χ2v) is 5.56. The van der Waals surface area contributed by atoms with Gasteiger partial charge in [-0.2, -0.15) is 0 Å². The van der Waals surface area contributed by atoms with E-state index in [1.165, 1.54) is 6.07 Å². The fourth-order valence-corrected chi connectivity index (χ4v) is 2.86. The first kappa shape index (κ1) is 16.1. The maximum absolute atomic E-state index is 14.1. The van der Waals surface area contributed by atoms with E-state index in [1.807, 2.05) is 18.7 Å². The Hall–Kier alpha value is -0.940. The monoisotopic (exact) mass is 331 g/mol. The molecule has 0 saturated carbocycles. The molecule has 0 fully saturated rings. The molecule has 106 valence electrons. The third-order valence-corrected chi connectivity index (χ3v) is 3.96. The predicted octanol–water partition coefficient (Wildman–Crippen LogP) is 3.62. The van der Waals surface area contributed by atoms with Gasteiger partial charge in [-0.3, -0.25) is 9.69 Å². The highest BCUT2D eigenvalue weighted by Gasteiger charge is 2.36. The zero-order valence-electron chi connectivity index (χ0n) is 11.4. The molecule has 1 aromatic rings. The summed E-state index contributed by atoms with van der Waals surface area (Å²) in [6.45, 7) is 6.98. The summed E-state index contributed by atoms with van der Waals surface area (Å²) in [5.41, 5.74) is -0.448. The van der Waals surface area contributed by atoms with Crippen molar-refractivity contribution < 1.29 is 14.3 Å². The van der Waals surface area contributed by atoms with E-state index in [0.29, 0.717) is 18.7 Å². The molecule has 1 rings (SSSR count). The van der Waals surface area contributed by atoms with Gasteiger partial charge >= 0.3 is 5.97 Å². The number of carboxylic acid groups (broad SMARTS) is 1. The maximum Gasteiger partial charge on any atom is 0.305 e. The highest BCUT2D eigenvalue weighted by molar-refractivity contribution is 9.10. The lowest BCUT2D eigenvalue weighted by Crippen LogP contribution is -2.45. The average Bonchev–Trinajstić information content (AvgIpc) is 2.32. The lowest BCUT2D eigenvalue weighted by molar-refractivity contribution is -0.140. The summed E-state index contributed by atoms with van der Waals surface area (Å²) in [6.07, 6.45) is -0.137. The lowest BCUT2D eigenvalue weighted by atomic mass is 9.86. The molecule has 0 spiro atoms. The van der Waals surface area contributed by atoms with E-state index in [-0.39, 0.29) is 12.2 Å². The molecule has 0 aliphatic carbocycles. The molecule has 5 heteroatoms. The van der Waals surface area contributed by atoms with Crippen molar-refractivity contribution in [3.8, 4) is 0 Å². The molecule has 1 unspecified atom stereocenters. The molecule has 0 amide bonds. The van der Waals surface area contributed by atoms with Crippen LogP contribution < -0.4 is 0 Å². The van der Waals surface area contributed by atoms with E-state index in [0.717, 1.165) is 4.47 Å². The standard InChI is InChI=1S/C14H19BrFNO2/c1-4-17(5-2)14(3,9-13(18)19)11-8-10(15)6-7-12(11)16/h6-8H,4-5,9H2,1-3H3,(H,18,19). The van der Waals surface area contributed by atoms with Gasteiger partial charge in [-0.1, -0.05) is 29.8 Å². The number of hydrogen-bond acceptors (Lipinski definition) is 2. The Kier molecular flexibility index (Phi) is 5.50. The maximum atomic E-state index is 14.1. The van der Waals surface area contributed by atoms with E-state index >= 15 is 0 Å². The number of nitrogens with zero attached hydrogens (tertiary/aromatic N) is 1. The summed E-state index contributed by atoms with van der Waals surface area (Å²) in [7, 11) is 0. The molecule has 0 bridgehead atoms. The minimum absolute atomic E-state index is 0.137. The Morgan fingerprint density at radius 2 is 2.00 bits per heavy atom. The average molecular weight is 332 g/mol. The van der Waals surface area contributed by atoms with Crippen LogP contribution in [0.25, 0.3) is 0 Å². The number of carbonyl (C=O) groups is 1. The Bertz CT molecular complexity index is 463. The van der Waals surface area contributed by atoms with Crippen molar-refractivity contribution in [1.82, 2.24) is 4.90 Å². The van der Waals surface area contributed by atoms with Crippen molar-refractivity contribution in [2.75, 3.05) is 13.1 Å². The Morgan fingerprint density at radius 1 is 1.42 bits per heavy atom. The Morgan fingerprint density at radius 3 is 2.47 bits per heavy atom. The normalized spacial score (nSPS) is 14.4. The first-order chi connectivity index (χ1) is 8.85. The number of halogens is 2. The van der Waals surface area contributed by atoms with Crippen LogP contribution in [-0.4, -0.2) is 29.1 Å². The third-order valence-electron chi connectivity index (χ3n) is 3.47. The summed E-state index contributed by atoms with van der Waals surface area (Å²) in [4.78, 5) is 13.1. The van der Waals surface area contributed by atoms with Crippen LogP contribution >= 0.6 is 15.9 Å². The minimum Gasteiger partial charge on any atom is -0.481 e. The van der Waals surface area contributed by atoms with E-state index in [1.54, 1.807) is 19.1 Å². The van der Waals surface area contributed by atoms with Gasteiger partial charge in [-0.05, 0) is 38.2 Å². The predicted molar refractivity (Wildman–Crippen MR) is 76.6 cm³/mol. The van der Waals surface area contributed by atoms with Gasteiger partial charge in [0.05, 0.1) is 12.0 Å². The largest absolute Gasteiger partial charge is 0.481 e. The van der Waals surface area contributed by atoms with Crippen LogP contribution in [0.5, 0.6) is 0 Å². The van der Waals surface area contributed by atoms with Gasteiger partial charge in [0.1, 0.15) is 5.82 Å². The lowest BCUT2D eigenvalue weighted by Gasteiger charge is -2.40. The first-order valence-corrected chi connectivity index (χ1v) is 7.06. The molecule has 3 nitrogen and oxygen atoms in total. The Balaban J connectivity index is 3.37. The van der Waals surface area contributed by atoms with E-state index in [9.17, 15) is 9.18 Å². The van der Waals surface area contributed by atoms with Gasteiger partial charge in [-0.15, -0.1) is 0 Å². The first-order valence-electron chi connectivity index (χ1n) is 6.27. The van der Waals surface area contributed by atoms with Crippen LogP contribution in [0.4, 0.5) is 4.39 Å². The van der Waals surface area contributed by atoms with Crippen molar-refractivity contribution in [3.63, 3.8) is 0 Å². The molecule has 0 saturated heterocycles. The zero-order chi connectivity index (χ0) is 14.6. The third kappa shape index (κ3) is 3.54. The Labute approximate surface area is 121 Å². The highest BCUT2D eigenvalue weighted by Crippen LogP contribution is 2.35. The van der Waals surface area contributed by atoms with Crippen molar-refractivity contribution in [1.29, 1.82) is 0 Å². The molecule has 1 N–H and O–H groups in total. The van der Waals surface area contributed by atoms with Gasteiger partial charge in [0.15, 0.2) is 0 Å². The molecule has 0 radical (unpaired) electrons. The molecule has 1 atom stereocenters. The van der Waals surface area contributed by atoms with Gasteiger partial charge in [0, 0.05) is 10.0 Å². The molecule has 19 heavy (non-hydrogen) atoms. The second-order valence-electron chi connectivity index (χ2n) is 4.64. The summed E-state index contributed by atoms with van der Waals surface area (Å²) in [6, 6.07) is 4.64. The fourth-order valence-electron chi connectivity index (χ4n) is 2.50. The molecular formula is C14H19BrFNO2. The van der Waals surface area contributed by atoms with Crippen LogP contribution in [-0.2, 0) is 10.3 Å². The number of carboxylic acids is 1. The second kappa shape index (κ2) is 6.48. The summed E-state index contributed by atoms with van der Waals surface area (Å²) in [5.74, 6) is -1.31. The molecular weight excluding hydrogens is 313 g/mol. The van der Waals surface area contributed by atoms with Crippen LogP contribution in [0, 0.1) is 5.82 Å². The van der Waals surface area contributed by atoms with Crippen LogP contribution in [0.15, 0.2) is 22.7 Å². The number of benzene rings is 1. The molecule has 0 aromatic heterocycles. The topological polar surface area (TPSA) is 40.5 Å². The smallest absolute Gasteiger partial charge is 0.305 e. The summed E-state index contributed by atoms with van der Waals surface area (Å²) in [5, 5.41) is 9.15. The van der Waals surface area contributed by atoms with E-state index < -0.39 is 11.5 Å². The molecule has 0 heterocycles. The van der Waals surface area contributed by atoms with Gasteiger partial charge in [-0.25, -0.2) is 4.39 Å². The summed E-state index contributed by atoms with van der Waals surface area (Å²) < 4.78 is 14.9.